The van der Waals surface area contributed by atoms with Crippen LogP contribution in [0.25, 0.3) is 0 Å². The molecule has 3 rings (SSSR count). The third kappa shape index (κ3) is 1.01. The van der Waals surface area contributed by atoms with Gasteiger partial charge >= 0.3 is 12.1 Å². The van der Waals surface area contributed by atoms with Crippen molar-refractivity contribution in [1.82, 2.24) is 9.80 Å². The van der Waals surface area contributed by atoms with Crippen molar-refractivity contribution >= 4 is 0 Å². The highest BCUT2D eigenvalue weighted by Crippen LogP contribution is 2.39. The normalized spacial score (nSPS) is 43.0. The van der Waals surface area contributed by atoms with Crippen molar-refractivity contribution in [2.45, 2.75) is 12.1 Å². The van der Waals surface area contributed by atoms with Crippen LogP contribution < -0.4 is 0 Å². The number of rotatable bonds is 0. The maximum atomic E-state index is 12.8. The van der Waals surface area contributed by atoms with Crippen molar-refractivity contribution < 1.29 is 17.6 Å². The SMILES string of the molecule is FC1(F)CN2CCN1C(F)(F)C2. The van der Waals surface area contributed by atoms with Crippen LogP contribution in [0, 0.1) is 0 Å². The molecule has 3 heterocycles. The minimum atomic E-state index is -3.36. The van der Waals surface area contributed by atoms with Gasteiger partial charge in [-0.25, -0.2) is 0 Å². The predicted octanol–water partition coefficient (Wildman–Crippen LogP) is 0.803. The van der Waals surface area contributed by atoms with Crippen molar-refractivity contribution in [2.24, 2.45) is 0 Å². The van der Waals surface area contributed by atoms with Crippen LogP contribution in [0.5, 0.6) is 0 Å². The fraction of sp³-hybridized carbons (Fsp3) is 1.00. The smallest absolute Gasteiger partial charge is 0.288 e. The van der Waals surface area contributed by atoms with E-state index in [1.165, 1.54) is 0 Å². The van der Waals surface area contributed by atoms with Gasteiger partial charge < -0.3 is 0 Å². The van der Waals surface area contributed by atoms with Gasteiger partial charge in [0.1, 0.15) is 0 Å². The lowest BCUT2D eigenvalue weighted by atomic mass is 10.2. The largest absolute Gasteiger partial charge is 0.322 e. The molecule has 0 N–H and O–H groups in total. The van der Waals surface area contributed by atoms with E-state index in [9.17, 15) is 17.6 Å². The Labute approximate surface area is 66.7 Å². The van der Waals surface area contributed by atoms with E-state index in [0.29, 0.717) is 6.54 Å². The van der Waals surface area contributed by atoms with Crippen molar-refractivity contribution in [3.05, 3.63) is 0 Å². The van der Waals surface area contributed by atoms with Gasteiger partial charge in [-0.3, -0.25) is 4.90 Å². The Kier molecular flexibility index (Phi) is 1.45. The molecule has 12 heavy (non-hydrogen) atoms. The van der Waals surface area contributed by atoms with Gasteiger partial charge in [0.25, 0.3) is 0 Å². The molecule has 0 radical (unpaired) electrons. The first-order valence-corrected chi connectivity index (χ1v) is 3.68. The van der Waals surface area contributed by atoms with E-state index in [2.05, 4.69) is 0 Å². The molecule has 0 unspecified atom stereocenters. The lowest BCUT2D eigenvalue weighted by molar-refractivity contribution is -0.335. The molecule has 2 nitrogen and oxygen atoms in total. The zero-order chi connectivity index (χ0) is 8.98. The molecular weight excluding hydrogens is 176 g/mol. The summed E-state index contributed by atoms with van der Waals surface area (Å²) in [6, 6.07) is -6.72. The third-order valence-electron chi connectivity index (χ3n) is 2.26. The maximum Gasteiger partial charge on any atom is 0.322 e. The Balaban J connectivity index is 2.28. The molecule has 3 fully saturated rings. The number of hydrogen-bond acceptors (Lipinski definition) is 2. The zero-order valence-corrected chi connectivity index (χ0v) is 6.23. The highest BCUT2D eigenvalue weighted by Gasteiger charge is 2.59. The molecule has 0 amide bonds. The molecule has 0 saturated carbocycles. The number of hydrogen-bond donors (Lipinski definition) is 0. The number of alkyl halides is 4. The molecule has 6 heteroatoms. The van der Waals surface area contributed by atoms with Crippen LogP contribution in [0.4, 0.5) is 17.6 Å². The number of nitrogens with zero attached hydrogens (tertiary/aromatic N) is 2. The molecule has 0 aromatic rings. The van der Waals surface area contributed by atoms with Crippen LogP contribution in [0.15, 0.2) is 0 Å². The highest BCUT2D eigenvalue weighted by molar-refractivity contribution is 4.93. The number of halogens is 4. The first kappa shape index (κ1) is 8.25. The van der Waals surface area contributed by atoms with Gasteiger partial charge in [0.05, 0.1) is 13.1 Å². The van der Waals surface area contributed by atoms with Crippen molar-refractivity contribution in [2.75, 3.05) is 26.2 Å². The van der Waals surface area contributed by atoms with Gasteiger partial charge in [0.15, 0.2) is 0 Å². The lowest BCUT2D eigenvalue weighted by Crippen LogP contribution is -2.72. The average molecular weight is 184 g/mol. The van der Waals surface area contributed by atoms with Crippen LogP contribution in [0.2, 0.25) is 0 Å². The molecule has 0 aromatic heterocycles. The Morgan fingerprint density at radius 3 is 1.58 bits per heavy atom. The van der Waals surface area contributed by atoms with Crippen LogP contribution >= 0.6 is 0 Å². The summed E-state index contributed by atoms with van der Waals surface area (Å²) < 4.78 is 51.2. The third-order valence-corrected chi connectivity index (χ3v) is 2.26. The molecule has 3 saturated heterocycles. The molecule has 0 spiro atoms. The molecule has 70 valence electrons. The summed E-state index contributed by atoms with van der Waals surface area (Å²) >= 11 is 0. The second-order valence-corrected chi connectivity index (χ2v) is 3.19. The van der Waals surface area contributed by atoms with Crippen LogP contribution in [0.1, 0.15) is 0 Å². The van der Waals surface area contributed by atoms with Gasteiger partial charge in [0.2, 0.25) is 0 Å². The van der Waals surface area contributed by atoms with Crippen LogP contribution in [-0.4, -0.2) is 48.1 Å². The Hall–Kier alpha value is -0.360. The second-order valence-electron chi connectivity index (χ2n) is 3.19. The molecule has 2 bridgehead atoms. The van der Waals surface area contributed by atoms with E-state index in [1.54, 1.807) is 0 Å². The standard InChI is InChI=1S/C6H8F4N2/c7-5(8)3-11-1-2-12(5)6(9,10)4-11/h1-4H2. The summed E-state index contributed by atoms with van der Waals surface area (Å²) in [7, 11) is 0. The molecule has 0 atom stereocenters. The van der Waals surface area contributed by atoms with Crippen molar-refractivity contribution in [3.63, 3.8) is 0 Å². The molecule has 3 aliphatic rings. The zero-order valence-electron chi connectivity index (χ0n) is 6.23. The second kappa shape index (κ2) is 2.11. The molecule has 3 aliphatic heterocycles. The van der Waals surface area contributed by atoms with Crippen molar-refractivity contribution in [3.8, 4) is 0 Å². The fourth-order valence-corrected chi connectivity index (χ4v) is 1.73. The summed E-state index contributed by atoms with van der Waals surface area (Å²) in [5.41, 5.74) is 0. The molecule has 0 aliphatic carbocycles. The van der Waals surface area contributed by atoms with Gasteiger partial charge in [-0.15, -0.1) is 0 Å². The van der Waals surface area contributed by atoms with E-state index in [1.807, 2.05) is 0 Å². The highest BCUT2D eigenvalue weighted by atomic mass is 19.3. The van der Waals surface area contributed by atoms with Crippen LogP contribution in [-0.2, 0) is 0 Å². The Bertz CT molecular complexity index is 188. The average Bonchev–Trinajstić information content (AvgIpc) is 1.80. The van der Waals surface area contributed by atoms with Crippen LogP contribution in [0.3, 0.4) is 0 Å². The van der Waals surface area contributed by atoms with E-state index in [0.717, 1.165) is 4.90 Å². The van der Waals surface area contributed by atoms with E-state index < -0.39 is 25.2 Å². The van der Waals surface area contributed by atoms with E-state index in [4.69, 9.17) is 0 Å². The van der Waals surface area contributed by atoms with Gasteiger partial charge in [-0.1, -0.05) is 0 Å². The first-order chi connectivity index (χ1) is 5.42. The lowest BCUT2D eigenvalue weighted by Gasteiger charge is -2.50. The van der Waals surface area contributed by atoms with Crippen molar-refractivity contribution in [1.29, 1.82) is 0 Å². The summed E-state index contributed by atoms with van der Waals surface area (Å²) in [4.78, 5) is 1.10. The minimum absolute atomic E-state index is 0.000000000000000222. The van der Waals surface area contributed by atoms with Gasteiger partial charge in [0, 0.05) is 13.1 Å². The Morgan fingerprint density at radius 1 is 0.833 bits per heavy atom. The van der Waals surface area contributed by atoms with E-state index in [-0.39, 0.29) is 11.4 Å². The van der Waals surface area contributed by atoms with E-state index >= 15 is 0 Å². The van der Waals surface area contributed by atoms with Gasteiger partial charge in [-0.05, 0) is 0 Å². The summed E-state index contributed by atoms with van der Waals surface area (Å²) in [6.45, 7) is -1.07. The fourth-order valence-electron chi connectivity index (χ4n) is 1.73. The summed E-state index contributed by atoms with van der Waals surface area (Å²) in [5, 5.41) is 0. The summed E-state index contributed by atoms with van der Waals surface area (Å²) in [6.07, 6.45) is 0. The molecular formula is C6H8F4N2. The quantitative estimate of drug-likeness (QED) is 0.406. The molecule has 0 aromatic carbocycles. The summed E-state index contributed by atoms with van der Waals surface area (Å²) in [5.74, 6) is 0. The first-order valence-electron chi connectivity index (χ1n) is 3.68. The number of fused-ring (bicyclic) bond motifs is 3. The van der Waals surface area contributed by atoms with Gasteiger partial charge in [-0.2, -0.15) is 22.5 Å². The predicted molar refractivity (Wildman–Crippen MR) is 33.0 cm³/mol. The Morgan fingerprint density at radius 2 is 1.33 bits per heavy atom. The number of piperazine rings is 3. The monoisotopic (exact) mass is 184 g/mol. The minimum Gasteiger partial charge on any atom is -0.288 e. The topological polar surface area (TPSA) is 6.48 Å². The maximum absolute atomic E-state index is 12.8.